The van der Waals surface area contributed by atoms with Crippen molar-refractivity contribution < 1.29 is 33.8 Å². The zero-order valence-corrected chi connectivity index (χ0v) is 19.8. The molecule has 0 saturated carbocycles. The average molecular weight is 483 g/mol. The maximum Gasteiger partial charge on any atom is 0.408 e. The van der Waals surface area contributed by atoms with E-state index in [4.69, 9.17) is 9.84 Å². The number of amides is 4. The molecule has 0 unspecified atom stereocenters. The Balaban J connectivity index is 2.54. The number of thioether (sulfide) groups is 1. The summed E-state index contributed by atoms with van der Waals surface area (Å²) in [5, 5.41) is 13.2. The van der Waals surface area contributed by atoms with Crippen LogP contribution in [-0.4, -0.2) is 51.6 Å². The summed E-state index contributed by atoms with van der Waals surface area (Å²) >= 11 is 0.628. The van der Waals surface area contributed by atoms with E-state index in [0.717, 1.165) is 12.0 Å². The van der Waals surface area contributed by atoms with Gasteiger partial charge in [-0.25, -0.2) is 4.79 Å². The first-order chi connectivity index (χ1) is 15.4. The molecule has 0 aromatic heterocycles. The molecule has 5 N–H and O–H groups in total. The Labute approximate surface area is 196 Å². The van der Waals surface area contributed by atoms with Gasteiger partial charge in [0.2, 0.25) is 5.91 Å². The zero-order chi connectivity index (χ0) is 25.0. The van der Waals surface area contributed by atoms with E-state index in [9.17, 15) is 24.0 Å². The van der Waals surface area contributed by atoms with Crippen LogP contribution in [0.2, 0.25) is 0 Å². The van der Waals surface area contributed by atoms with Crippen LogP contribution in [0.4, 0.5) is 15.3 Å². The number of anilines is 1. The smallest absolute Gasteiger partial charge is 0.408 e. The van der Waals surface area contributed by atoms with E-state index in [2.05, 4.69) is 21.5 Å². The average Bonchev–Trinajstić information content (AvgIpc) is 2.72. The molecule has 0 radical (unpaired) electrons. The number of hydrogen-bond donors (Lipinski definition) is 5. The Bertz CT molecular complexity index is 870. The van der Waals surface area contributed by atoms with Crippen LogP contribution in [0.15, 0.2) is 24.3 Å². The molecule has 1 rings (SSSR count). The number of carboxylic acids is 1. The number of aliphatic carboxylic acids is 1. The molecule has 0 saturated heterocycles. The molecule has 182 valence electrons. The van der Waals surface area contributed by atoms with Crippen LogP contribution < -0.4 is 21.5 Å². The summed E-state index contributed by atoms with van der Waals surface area (Å²) in [4.78, 5) is 59.2. The number of rotatable bonds is 9. The minimum absolute atomic E-state index is 0.196. The number of nitrogens with one attached hydrogen (secondary N) is 4. The lowest BCUT2D eigenvalue weighted by Crippen LogP contribution is -2.52. The molecule has 33 heavy (non-hydrogen) atoms. The molecule has 1 aromatic rings. The largest absolute Gasteiger partial charge is 0.481 e. The van der Waals surface area contributed by atoms with Crippen LogP contribution in [0, 0.1) is 0 Å². The lowest BCUT2D eigenvalue weighted by Gasteiger charge is -2.23. The molecule has 4 amide bonds. The fourth-order valence-corrected chi connectivity index (χ4v) is 2.95. The zero-order valence-electron chi connectivity index (χ0n) is 19.0. The van der Waals surface area contributed by atoms with Gasteiger partial charge in [-0.3, -0.25) is 30.0 Å². The van der Waals surface area contributed by atoms with E-state index in [1.54, 1.807) is 32.9 Å². The number of carboxylic acid groups (broad SMARTS) is 1. The third-order valence-corrected chi connectivity index (χ3v) is 4.72. The summed E-state index contributed by atoms with van der Waals surface area (Å²) in [5.41, 5.74) is 5.03. The third-order valence-electron chi connectivity index (χ3n) is 3.95. The number of alkyl carbamates (subject to hydrolysis) is 1. The van der Waals surface area contributed by atoms with Gasteiger partial charge in [0.25, 0.3) is 11.1 Å². The summed E-state index contributed by atoms with van der Waals surface area (Å²) in [7, 11) is 0. The number of aryl methyl sites for hydroxylation is 1. The number of benzene rings is 1. The van der Waals surface area contributed by atoms with Gasteiger partial charge in [0.1, 0.15) is 11.6 Å². The summed E-state index contributed by atoms with van der Waals surface area (Å²) in [5.74, 6) is -2.59. The fraction of sp³-hybridized carbons (Fsp3) is 0.476. The van der Waals surface area contributed by atoms with Crippen molar-refractivity contribution in [1.82, 2.24) is 16.2 Å². The maximum absolute atomic E-state index is 12.3. The lowest BCUT2D eigenvalue weighted by atomic mass is 10.1. The van der Waals surface area contributed by atoms with Crippen molar-refractivity contribution >= 4 is 46.6 Å². The first kappa shape index (κ1) is 27.8. The summed E-state index contributed by atoms with van der Waals surface area (Å²) in [6.45, 7) is 6.85. The molecule has 0 fully saturated rings. The third kappa shape index (κ3) is 11.8. The van der Waals surface area contributed by atoms with E-state index in [1.165, 1.54) is 0 Å². The number of ether oxygens (including phenoxy) is 1. The van der Waals surface area contributed by atoms with Gasteiger partial charge in [0.05, 0.1) is 5.75 Å². The van der Waals surface area contributed by atoms with E-state index in [0.29, 0.717) is 17.4 Å². The van der Waals surface area contributed by atoms with Gasteiger partial charge in [-0.1, -0.05) is 36.9 Å². The van der Waals surface area contributed by atoms with Crippen LogP contribution in [0.5, 0.6) is 0 Å². The Kier molecular flexibility index (Phi) is 11.2. The van der Waals surface area contributed by atoms with Crippen molar-refractivity contribution in [3.63, 3.8) is 0 Å². The van der Waals surface area contributed by atoms with Gasteiger partial charge < -0.3 is 20.5 Å². The molecule has 0 spiro atoms. The topological polar surface area (TPSA) is 163 Å². The molecule has 0 aliphatic carbocycles. The number of para-hydroxylation sites is 1. The van der Waals surface area contributed by atoms with E-state index in [1.807, 2.05) is 19.1 Å². The molecule has 0 aliphatic rings. The SMILES string of the molecule is CCc1ccccc1NC(=O)CSC(=O)NNC(=O)[C@H](CCC(=O)O)NC(=O)OC(C)(C)C. The molecule has 0 aliphatic heterocycles. The summed E-state index contributed by atoms with van der Waals surface area (Å²) in [6.07, 6.45) is -0.785. The van der Waals surface area contributed by atoms with Gasteiger partial charge >= 0.3 is 12.1 Å². The molecule has 1 aromatic carbocycles. The summed E-state index contributed by atoms with van der Waals surface area (Å²) < 4.78 is 5.07. The number of carbonyl (C=O) groups is 5. The highest BCUT2D eigenvalue weighted by Gasteiger charge is 2.25. The fourth-order valence-electron chi connectivity index (χ4n) is 2.49. The Morgan fingerprint density at radius 2 is 1.76 bits per heavy atom. The Morgan fingerprint density at radius 1 is 1.09 bits per heavy atom. The highest BCUT2D eigenvalue weighted by molar-refractivity contribution is 8.14. The number of hydrogen-bond acceptors (Lipinski definition) is 7. The Hall–Kier alpha value is -3.28. The molecule has 11 nitrogen and oxygen atoms in total. The number of carbonyl (C=O) groups excluding carboxylic acids is 4. The van der Waals surface area contributed by atoms with Crippen molar-refractivity contribution in [2.24, 2.45) is 0 Å². The maximum atomic E-state index is 12.3. The standard InChI is InChI=1S/C21H30N4O7S/c1-5-13-8-6-7-9-14(13)22-16(26)12-33-20(31)25-24-18(29)15(10-11-17(27)28)23-19(30)32-21(2,3)4/h6-9,15H,5,10-12H2,1-4H3,(H,22,26)(H,23,30)(H,24,29)(H,25,31)(H,27,28)/t15-/m0/s1. The van der Waals surface area contributed by atoms with Gasteiger partial charge in [-0.05, 0) is 45.2 Å². The van der Waals surface area contributed by atoms with Crippen molar-refractivity contribution in [2.75, 3.05) is 11.1 Å². The van der Waals surface area contributed by atoms with Crippen LogP contribution in [0.25, 0.3) is 0 Å². The highest BCUT2D eigenvalue weighted by atomic mass is 32.2. The molecule has 1 atom stereocenters. The van der Waals surface area contributed by atoms with Crippen LogP contribution in [0.3, 0.4) is 0 Å². The molecule has 12 heteroatoms. The first-order valence-electron chi connectivity index (χ1n) is 10.2. The molecular weight excluding hydrogens is 452 g/mol. The monoisotopic (exact) mass is 482 g/mol. The number of hydrazine groups is 1. The van der Waals surface area contributed by atoms with E-state index >= 15 is 0 Å². The predicted octanol–water partition coefficient (Wildman–Crippen LogP) is 2.42. The first-order valence-corrected chi connectivity index (χ1v) is 11.2. The normalized spacial score (nSPS) is 11.6. The summed E-state index contributed by atoms with van der Waals surface area (Å²) in [6, 6.07) is 6.04. The van der Waals surface area contributed by atoms with Gasteiger partial charge in [0, 0.05) is 12.1 Å². The second-order valence-electron chi connectivity index (χ2n) is 7.88. The van der Waals surface area contributed by atoms with Crippen molar-refractivity contribution in [3.05, 3.63) is 29.8 Å². The predicted molar refractivity (Wildman–Crippen MR) is 124 cm³/mol. The quantitative estimate of drug-likeness (QED) is 0.335. The van der Waals surface area contributed by atoms with Crippen molar-refractivity contribution in [2.45, 2.75) is 58.6 Å². The highest BCUT2D eigenvalue weighted by Crippen LogP contribution is 2.16. The van der Waals surface area contributed by atoms with Crippen molar-refractivity contribution in [1.29, 1.82) is 0 Å². The van der Waals surface area contributed by atoms with Crippen molar-refractivity contribution in [3.8, 4) is 0 Å². The van der Waals surface area contributed by atoms with Crippen LogP contribution in [-0.2, 0) is 25.5 Å². The van der Waals surface area contributed by atoms with Gasteiger partial charge in [-0.2, -0.15) is 0 Å². The molecule has 0 bridgehead atoms. The van der Waals surface area contributed by atoms with E-state index in [-0.39, 0.29) is 12.2 Å². The minimum atomic E-state index is -1.25. The van der Waals surface area contributed by atoms with E-state index < -0.39 is 47.2 Å². The molecular formula is C21H30N4O7S. The minimum Gasteiger partial charge on any atom is -0.481 e. The second-order valence-corrected chi connectivity index (χ2v) is 8.83. The second kappa shape index (κ2) is 13.3. The van der Waals surface area contributed by atoms with Crippen LogP contribution >= 0.6 is 11.8 Å². The lowest BCUT2D eigenvalue weighted by molar-refractivity contribution is -0.137. The Morgan fingerprint density at radius 3 is 2.36 bits per heavy atom. The van der Waals surface area contributed by atoms with Gasteiger partial charge in [-0.15, -0.1) is 0 Å². The van der Waals surface area contributed by atoms with Crippen LogP contribution in [0.1, 0.15) is 46.1 Å². The molecule has 0 heterocycles. The van der Waals surface area contributed by atoms with Gasteiger partial charge in [0.15, 0.2) is 0 Å².